The fraction of sp³-hybridized carbons (Fsp3) is 0.467. The molecule has 1 unspecified atom stereocenters. The van der Waals surface area contributed by atoms with Gasteiger partial charge in [-0.25, -0.2) is 9.69 Å². The van der Waals surface area contributed by atoms with Crippen molar-refractivity contribution in [3.05, 3.63) is 24.5 Å². The summed E-state index contributed by atoms with van der Waals surface area (Å²) in [4.78, 5) is 41.2. The van der Waals surface area contributed by atoms with Crippen LogP contribution in [0.3, 0.4) is 0 Å². The van der Waals surface area contributed by atoms with Gasteiger partial charge in [0.1, 0.15) is 11.6 Å². The molecule has 1 aliphatic heterocycles. The van der Waals surface area contributed by atoms with E-state index in [2.05, 4.69) is 10.3 Å². The summed E-state index contributed by atoms with van der Waals surface area (Å²) in [6, 6.07) is 2.48. The van der Waals surface area contributed by atoms with Crippen LogP contribution in [0.2, 0.25) is 0 Å². The molecule has 0 radical (unpaired) electrons. The molecule has 7 nitrogen and oxygen atoms in total. The monoisotopic (exact) mass is 305 g/mol. The van der Waals surface area contributed by atoms with Crippen molar-refractivity contribution in [2.24, 2.45) is 0 Å². The van der Waals surface area contributed by atoms with Gasteiger partial charge in [0, 0.05) is 12.6 Å². The number of pyridine rings is 1. The van der Waals surface area contributed by atoms with E-state index in [4.69, 9.17) is 4.74 Å². The van der Waals surface area contributed by atoms with Crippen molar-refractivity contribution in [3.63, 3.8) is 0 Å². The summed E-state index contributed by atoms with van der Waals surface area (Å²) in [7, 11) is 0. The van der Waals surface area contributed by atoms with Crippen LogP contribution in [0.1, 0.15) is 33.6 Å². The van der Waals surface area contributed by atoms with Crippen molar-refractivity contribution in [1.29, 1.82) is 0 Å². The Kier molecular flexibility index (Phi) is 4.44. The maximum absolute atomic E-state index is 12.4. The zero-order valence-corrected chi connectivity index (χ0v) is 12.8. The first kappa shape index (κ1) is 15.9. The van der Waals surface area contributed by atoms with Gasteiger partial charge in [0.15, 0.2) is 0 Å². The van der Waals surface area contributed by atoms with E-state index < -0.39 is 23.6 Å². The first-order chi connectivity index (χ1) is 10.3. The smallest absolute Gasteiger partial charge is 0.408 e. The molecule has 22 heavy (non-hydrogen) atoms. The number of aromatic nitrogens is 1. The standard InChI is InChI=1S/C15H19N3O4/c1-15(2,3)22-14(21)17-11-6-7-12(19)18(13(11)20)10-5-4-8-16-9-10/h4-5,8-9,11H,6-7H2,1-3H3,(H,17,21). The van der Waals surface area contributed by atoms with Crippen molar-refractivity contribution in [3.8, 4) is 0 Å². The predicted octanol–water partition coefficient (Wildman–Crippen LogP) is 1.63. The normalized spacial score (nSPS) is 19.0. The van der Waals surface area contributed by atoms with Crippen molar-refractivity contribution in [2.75, 3.05) is 4.90 Å². The van der Waals surface area contributed by atoms with Crippen LogP contribution < -0.4 is 10.2 Å². The number of amides is 3. The number of hydrogen-bond acceptors (Lipinski definition) is 5. The number of nitrogens with one attached hydrogen (secondary N) is 1. The molecule has 1 aliphatic rings. The molecule has 2 rings (SSSR count). The third-order valence-electron chi connectivity index (χ3n) is 3.01. The molecule has 0 bridgehead atoms. The van der Waals surface area contributed by atoms with Gasteiger partial charge in [-0.1, -0.05) is 0 Å². The highest BCUT2D eigenvalue weighted by Gasteiger charge is 2.37. The van der Waals surface area contributed by atoms with Gasteiger partial charge in [-0.2, -0.15) is 0 Å². The second kappa shape index (κ2) is 6.13. The Morgan fingerprint density at radius 1 is 1.41 bits per heavy atom. The topological polar surface area (TPSA) is 88.6 Å². The van der Waals surface area contributed by atoms with Crippen LogP contribution in [-0.4, -0.2) is 34.5 Å². The Bertz CT molecular complexity index is 580. The largest absolute Gasteiger partial charge is 0.444 e. The van der Waals surface area contributed by atoms with E-state index in [0.29, 0.717) is 5.69 Å². The van der Waals surface area contributed by atoms with E-state index in [9.17, 15) is 14.4 Å². The van der Waals surface area contributed by atoms with E-state index in [1.165, 1.54) is 6.20 Å². The number of carbonyl (C=O) groups is 3. The maximum Gasteiger partial charge on any atom is 0.408 e. The van der Waals surface area contributed by atoms with Gasteiger partial charge in [0.25, 0.3) is 5.91 Å². The number of alkyl carbamates (subject to hydrolysis) is 1. The third kappa shape index (κ3) is 3.81. The SMILES string of the molecule is CC(C)(C)OC(=O)NC1CCC(=O)N(c2cccnc2)C1=O. The fourth-order valence-corrected chi connectivity index (χ4v) is 2.12. The highest BCUT2D eigenvalue weighted by atomic mass is 16.6. The molecule has 1 fully saturated rings. The molecule has 1 atom stereocenters. The number of hydrogen-bond donors (Lipinski definition) is 1. The number of anilines is 1. The highest BCUT2D eigenvalue weighted by molar-refractivity contribution is 6.18. The maximum atomic E-state index is 12.4. The minimum atomic E-state index is -0.784. The molecular weight excluding hydrogens is 286 g/mol. The summed E-state index contributed by atoms with van der Waals surface area (Å²) in [6.45, 7) is 5.21. The average Bonchev–Trinajstić information content (AvgIpc) is 2.41. The van der Waals surface area contributed by atoms with Crippen LogP contribution in [0.25, 0.3) is 0 Å². The van der Waals surface area contributed by atoms with Crippen LogP contribution in [0, 0.1) is 0 Å². The lowest BCUT2D eigenvalue weighted by molar-refractivity contribution is -0.130. The van der Waals surface area contributed by atoms with Gasteiger partial charge in [-0.15, -0.1) is 0 Å². The van der Waals surface area contributed by atoms with E-state index >= 15 is 0 Å². The zero-order valence-electron chi connectivity index (χ0n) is 12.8. The zero-order chi connectivity index (χ0) is 16.3. The Balaban J connectivity index is 2.10. The molecular formula is C15H19N3O4. The average molecular weight is 305 g/mol. The fourth-order valence-electron chi connectivity index (χ4n) is 2.12. The summed E-state index contributed by atoms with van der Waals surface area (Å²) < 4.78 is 5.14. The van der Waals surface area contributed by atoms with Gasteiger partial charge in [-0.05, 0) is 39.3 Å². The first-order valence-corrected chi connectivity index (χ1v) is 7.04. The number of imide groups is 1. The quantitative estimate of drug-likeness (QED) is 0.839. The summed E-state index contributed by atoms with van der Waals surface area (Å²) >= 11 is 0. The Morgan fingerprint density at radius 2 is 2.14 bits per heavy atom. The van der Waals surface area contributed by atoms with Crippen LogP contribution in [0.5, 0.6) is 0 Å². The summed E-state index contributed by atoms with van der Waals surface area (Å²) in [5, 5.41) is 2.52. The van der Waals surface area contributed by atoms with Crippen molar-refractivity contribution >= 4 is 23.6 Å². The molecule has 1 saturated heterocycles. The first-order valence-electron chi connectivity index (χ1n) is 7.04. The molecule has 118 valence electrons. The lowest BCUT2D eigenvalue weighted by atomic mass is 10.0. The summed E-state index contributed by atoms with van der Waals surface area (Å²) in [6.07, 6.45) is 2.74. The predicted molar refractivity (Wildman–Crippen MR) is 79.1 cm³/mol. The Morgan fingerprint density at radius 3 is 2.73 bits per heavy atom. The molecule has 1 aromatic heterocycles. The van der Waals surface area contributed by atoms with Crippen molar-refractivity contribution in [1.82, 2.24) is 10.3 Å². The molecule has 0 aromatic carbocycles. The van der Waals surface area contributed by atoms with E-state index in [0.717, 1.165) is 4.90 Å². The molecule has 0 aliphatic carbocycles. The third-order valence-corrected chi connectivity index (χ3v) is 3.01. The number of carbonyl (C=O) groups excluding carboxylic acids is 3. The van der Waals surface area contributed by atoms with Crippen LogP contribution >= 0.6 is 0 Å². The molecule has 3 amide bonds. The van der Waals surface area contributed by atoms with E-state index in [1.807, 2.05) is 0 Å². The lowest BCUT2D eigenvalue weighted by Gasteiger charge is -2.31. The van der Waals surface area contributed by atoms with Gasteiger partial charge in [-0.3, -0.25) is 14.6 Å². The van der Waals surface area contributed by atoms with Crippen LogP contribution in [0.4, 0.5) is 10.5 Å². The van der Waals surface area contributed by atoms with Crippen molar-refractivity contribution in [2.45, 2.75) is 45.3 Å². The molecule has 2 heterocycles. The van der Waals surface area contributed by atoms with Gasteiger partial charge < -0.3 is 10.1 Å². The van der Waals surface area contributed by atoms with Gasteiger partial charge in [0.2, 0.25) is 5.91 Å². The minimum absolute atomic E-state index is 0.168. The molecule has 1 N–H and O–H groups in total. The molecule has 7 heteroatoms. The van der Waals surface area contributed by atoms with E-state index in [-0.39, 0.29) is 18.7 Å². The van der Waals surface area contributed by atoms with E-state index in [1.54, 1.807) is 39.1 Å². The van der Waals surface area contributed by atoms with Gasteiger partial charge >= 0.3 is 6.09 Å². The highest BCUT2D eigenvalue weighted by Crippen LogP contribution is 2.21. The number of rotatable bonds is 2. The lowest BCUT2D eigenvalue weighted by Crippen LogP contribution is -2.55. The van der Waals surface area contributed by atoms with Crippen molar-refractivity contribution < 1.29 is 19.1 Å². The van der Waals surface area contributed by atoms with Crippen LogP contribution in [0.15, 0.2) is 24.5 Å². The Labute approximate surface area is 128 Å². The van der Waals surface area contributed by atoms with Gasteiger partial charge in [0.05, 0.1) is 11.9 Å². The molecule has 1 aromatic rings. The molecule has 0 spiro atoms. The number of ether oxygens (including phenoxy) is 1. The second-order valence-corrected chi connectivity index (χ2v) is 6.02. The summed E-state index contributed by atoms with van der Waals surface area (Å²) in [5.74, 6) is -0.782. The number of piperidine rings is 1. The number of nitrogens with zero attached hydrogens (tertiary/aromatic N) is 2. The summed E-state index contributed by atoms with van der Waals surface area (Å²) in [5.41, 5.74) is -0.256. The molecule has 0 saturated carbocycles. The Hall–Kier alpha value is -2.44. The minimum Gasteiger partial charge on any atom is -0.444 e. The second-order valence-electron chi connectivity index (χ2n) is 6.02. The van der Waals surface area contributed by atoms with Crippen LogP contribution in [-0.2, 0) is 14.3 Å².